The van der Waals surface area contributed by atoms with Crippen molar-refractivity contribution >= 4 is 23.1 Å². The molecule has 1 aliphatic carbocycles. The minimum absolute atomic E-state index is 0.382. The van der Waals surface area contributed by atoms with E-state index in [1.54, 1.807) is 18.2 Å². The van der Waals surface area contributed by atoms with Crippen LogP contribution in [0.5, 0.6) is 0 Å². The average molecular weight is 343 g/mol. The van der Waals surface area contributed by atoms with Crippen molar-refractivity contribution in [3.63, 3.8) is 0 Å². The predicted molar refractivity (Wildman–Crippen MR) is 101 cm³/mol. The third kappa shape index (κ3) is 3.10. The minimum Gasteiger partial charge on any atom is -0.422 e. The fourth-order valence-corrected chi connectivity index (χ4v) is 2.99. The second-order valence-corrected chi connectivity index (χ2v) is 5.99. The molecule has 3 aromatic rings. The third-order valence-corrected chi connectivity index (χ3v) is 4.26. The number of nitrogens with one attached hydrogen (secondary N) is 1. The number of ether oxygens (including phenoxy) is 1. The molecular weight excluding hydrogens is 326 g/mol. The Labute approximate surface area is 151 Å². The van der Waals surface area contributed by atoms with Crippen LogP contribution in [0.1, 0.15) is 27.6 Å². The fourth-order valence-electron chi connectivity index (χ4n) is 2.99. The highest BCUT2D eigenvalue weighted by Gasteiger charge is 2.25. The highest BCUT2D eigenvalue weighted by molar-refractivity contribution is 5.99. The van der Waals surface area contributed by atoms with Crippen LogP contribution in [0.15, 0.2) is 84.9 Å². The van der Waals surface area contributed by atoms with E-state index in [1.807, 2.05) is 66.7 Å². The van der Waals surface area contributed by atoms with Crippen LogP contribution in [0.2, 0.25) is 0 Å². The molecule has 4 heteroatoms. The zero-order valence-corrected chi connectivity index (χ0v) is 13.9. The van der Waals surface area contributed by atoms with Gasteiger partial charge in [-0.05, 0) is 35.9 Å². The van der Waals surface area contributed by atoms with E-state index in [0.29, 0.717) is 17.0 Å². The van der Waals surface area contributed by atoms with Gasteiger partial charge in [0.05, 0.1) is 11.3 Å². The molecule has 0 heterocycles. The molecule has 26 heavy (non-hydrogen) atoms. The lowest BCUT2D eigenvalue weighted by Crippen LogP contribution is -2.07. The van der Waals surface area contributed by atoms with E-state index < -0.39 is 12.1 Å². The van der Waals surface area contributed by atoms with Crippen LogP contribution in [0.3, 0.4) is 0 Å². The molecule has 1 unspecified atom stereocenters. The van der Waals surface area contributed by atoms with Gasteiger partial charge in [0, 0.05) is 11.3 Å². The minimum atomic E-state index is -0.758. The lowest BCUT2D eigenvalue weighted by Gasteiger charge is -2.12. The van der Waals surface area contributed by atoms with Crippen molar-refractivity contribution < 1.29 is 14.6 Å². The fraction of sp³-hybridized carbons (Fsp3) is 0.0455. The Morgan fingerprint density at radius 2 is 1.58 bits per heavy atom. The van der Waals surface area contributed by atoms with Crippen molar-refractivity contribution in [2.45, 2.75) is 6.10 Å². The summed E-state index contributed by atoms with van der Waals surface area (Å²) in [4.78, 5) is 12.7. The van der Waals surface area contributed by atoms with Gasteiger partial charge in [-0.2, -0.15) is 0 Å². The van der Waals surface area contributed by atoms with Gasteiger partial charge in [-0.3, -0.25) is 0 Å². The van der Waals surface area contributed by atoms with E-state index in [9.17, 15) is 9.90 Å². The number of carbonyl (C=O) groups is 1. The number of anilines is 2. The topological polar surface area (TPSA) is 58.6 Å². The smallest absolute Gasteiger partial charge is 0.345 e. The van der Waals surface area contributed by atoms with E-state index in [2.05, 4.69) is 5.32 Å². The van der Waals surface area contributed by atoms with Crippen LogP contribution in [0.25, 0.3) is 5.76 Å². The van der Waals surface area contributed by atoms with E-state index >= 15 is 0 Å². The van der Waals surface area contributed by atoms with Gasteiger partial charge in [0.25, 0.3) is 0 Å². The van der Waals surface area contributed by atoms with Gasteiger partial charge >= 0.3 is 5.97 Å². The molecule has 4 nitrogen and oxygen atoms in total. The third-order valence-electron chi connectivity index (χ3n) is 4.26. The summed E-state index contributed by atoms with van der Waals surface area (Å²) in [5, 5.41) is 13.3. The number of carbonyl (C=O) groups excluding carboxylic acids is 1. The van der Waals surface area contributed by atoms with E-state index in [4.69, 9.17) is 4.74 Å². The summed E-state index contributed by atoms with van der Waals surface area (Å²) in [6, 6.07) is 24.2. The van der Waals surface area contributed by atoms with E-state index in [0.717, 1.165) is 16.8 Å². The Bertz CT molecular complexity index is 979. The maximum absolute atomic E-state index is 12.7. The van der Waals surface area contributed by atoms with Gasteiger partial charge in [0.1, 0.15) is 11.9 Å². The number of esters is 1. The number of benzene rings is 3. The molecule has 0 spiro atoms. The molecule has 0 fully saturated rings. The maximum atomic E-state index is 12.7. The van der Waals surface area contributed by atoms with Crippen molar-refractivity contribution in [1.82, 2.24) is 0 Å². The van der Waals surface area contributed by atoms with Crippen molar-refractivity contribution in [3.8, 4) is 0 Å². The first-order chi connectivity index (χ1) is 12.7. The molecule has 1 aliphatic rings. The van der Waals surface area contributed by atoms with Crippen LogP contribution in [-0.4, -0.2) is 11.1 Å². The van der Waals surface area contributed by atoms with Crippen LogP contribution in [-0.2, 0) is 4.74 Å². The number of hydrogen-bond donors (Lipinski definition) is 2. The average Bonchev–Trinajstić information content (AvgIpc) is 2.99. The molecule has 0 bridgehead atoms. The summed E-state index contributed by atoms with van der Waals surface area (Å²) in [5.74, 6) is -0.0909. The molecule has 3 aromatic carbocycles. The molecular formula is C22H17NO3. The molecule has 0 radical (unpaired) electrons. The highest BCUT2D eigenvalue weighted by atomic mass is 16.5. The summed E-state index contributed by atoms with van der Waals surface area (Å²) in [5.41, 5.74) is 3.45. The largest absolute Gasteiger partial charge is 0.422 e. The van der Waals surface area contributed by atoms with Crippen molar-refractivity contribution in [2.24, 2.45) is 0 Å². The molecule has 1 atom stereocenters. The Morgan fingerprint density at radius 3 is 2.42 bits per heavy atom. The summed E-state index contributed by atoms with van der Waals surface area (Å²) >= 11 is 0. The monoisotopic (exact) mass is 343 g/mol. The quantitative estimate of drug-likeness (QED) is 0.676. The standard InChI is InChI=1S/C22H17NO3/c24-20-14-21(17-11-5-4-10-16(17)20)26-22(25)18-12-6-7-13-19(18)23-15-8-2-1-3-9-15/h1-14,20,23-24H. The van der Waals surface area contributed by atoms with Gasteiger partial charge in [-0.15, -0.1) is 0 Å². The van der Waals surface area contributed by atoms with Crippen molar-refractivity contribution in [1.29, 1.82) is 0 Å². The first-order valence-corrected chi connectivity index (χ1v) is 8.35. The molecule has 0 amide bonds. The second kappa shape index (κ2) is 6.86. The van der Waals surface area contributed by atoms with Crippen LogP contribution in [0.4, 0.5) is 11.4 Å². The van der Waals surface area contributed by atoms with Crippen molar-refractivity contribution in [3.05, 3.63) is 102 Å². The first kappa shape index (κ1) is 16.1. The summed E-state index contributed by atoms with van der Waals surface area (Å²) < 4.78 is 5.59. The number of para-hydroxylation sites is 2. The Balaban J connectivity index is 1.59. The van der Waals surface area contributed by atoms with Gasteiger partial charge in [0.15, 0.2) is 0 Å². The SMILES string of the molecule is O=C(OC1=CC(O)c2ccccc21)c1ccccc1Nc1ccccc1. The lowest BCUT2D eigenvalue weighted by molar-refractivity contribution is 0.0693. The zero-order chi connectivity index (χ0) is 17.9. The highest BCUT2D eigenvalue weighted by Crippen LogP contribution is 2.35. The number of fused-ring (bicyclic) bond motifs is 1. The molecule has 0 aromatic heterocycles. The lowest BCUT2D eigenvalue weighted by atomic mass is 10.1. The van der Waals surface area contributed by atoms with Gasteiger partial charge < -0.3 is 15.2 Å². The van der Waals surface area contributed by atoms with Crippen LogP contribution >= 0.6 is 0 Å². The van der Waals surface area contributed by atoms with Crippen LogP contribution in [0, 0.1) is 0 Å². The van der Waals surface area contributed by atoms with Crippen LogP contribution < -0.4 is 5.32 Å². The number of hydrogen-bond acceptors (Lipinski definition) is 4. The number of rotatable bonds is 4. The van der Waals surface area contributed by atoms with E-state index in [1.165, 1.54) is 0 Å². The second-order valence-electron chi connectivity index (χ2n) is 5.99. The molecule has 0 saturated heterocycles. The first-order valence-electron chi connectivity index (χ1n) is 8.35. The van der Waals surface area contributed by atoms with Gasteiger partial charge in [0.2, 0.25) is 0 Å². The Kier molecular flexibility index (Phi) is 4.25. The molecule has 2 N–H and O–H groups in total. The zero-order valence-electron chi connectivity index (χ0n) is 13.9. The normalized spacial score (nSPS) is 15.1. The number of aliphatic hydroxyl groups is 1. The molecule has 4 rings (SSSR count). The maximum Gasteiger partial charge on any atom is 0.345 e. The summed E-state index contributed by atoms with van der Waals surface area (Å²) in [6.45, 7) is 0. The molecule has 0 aliphatic heterocycles. The summed E-state index contributed by atoms with van der Waals surface area (Å²) in [7, 11) is 0. The molecule has 0 saturated carbocycles. The van der Waals surface area contributed by atoms with Gasteiger partial charge in [-0.25, -0.2) is 4.79 Å². The molecule has 128 valence electrons. The predicted octanol–water partition coefficient (Wildman–Crippen LogP) is 4.68. The summed E-state index contributed by atoms with van der Waals surface area (Å²) in [6.07, 6.45) is 0.794. The van der Waals surface area contributed by atoms with Gasteiger partial charge in [-0.1, -0.05) is 54.6 Å². The van der Waals surface area contributed by atoms with Crippen molar-refractivity contribution in [2.75, 3.05) is 5.32 Å². The Morgan fingerprint density at radius 1 is 0.885 bits per heavy atom. The van der Waals surface area contributed by atoms with E-state index in [-0.39, 0.29) is 0 Å². The Hall–Kier alpha value is -3.37. The number of aliphatic hydroxyl groups excluding tert-OH is 1.